The van der Waals surface area contributed by atoms with Crippen LogP contribution in [0.3, 0.4) is 0 Å². The first-order valence-corrected chi connectivity index (χ1v) is 16.4. The summed E-state index contributed by atoms with van der Waals surface area (Å²) >= 11 is 0. The molecule has 9 nitrogen and oxygen atoms in total. The van der Waals surface area contributed by atoms with Crippen LogP contribution in [0.4, 0.5) is 27.9 Å². The highest BCUT2D eigenvalue weighted by molar-refractivity contribution is 7.92. The second-order valence-corrected chi connectivity index (χ2v) is 13.8. The van der Waals surface area contributed by atoms with Crippen molar-refractivity contribution in [1.29, 1.82) is 0 Å². The Labute approximate surface area is 270 Å². The lowest BCUT2D eigenvalue weighted by Crippen LogP contribution is -2.54. The summed E-state index contributed by atoms with van der Waals surface area (Å²) in [6.07, 6.45) is -11.2. The number of ether oxygens (including phenoxy) is 2. The molecule has 256 valence electrons. The number of carbonyl (C=O) groups excluding carboxylic acids is 1. The van der Waals surface area contributed by atoms with Gasteiger partial charge in [0.05, 0.1) is 16.7 Å². The molecular formula is C32H37F5N4O5S. The number of aryl methyl sites for hydroxylation is 2. The fourth-order valence-electron chi connectivity index (χ4n) is 5.44. The summed E-state index contributed by atoms with van der Waals surface area (Å²) in [5.74, 6) is -0.0402. The molecule has 1 aliphatic rings. The molecule has 0 amide bonds. The number of nitrogens with one attached hydrogen (secondary N) is 1. The zero-order chi connectivity index (χ0) is 34.7. The van der Waals surface area contributed by atoms with E-state index in [0.717, 1.165) is 16.7 Å². The molecule has 1 aliphatic carbocycles. The Balaban J connectivity index is 1.58. The summed E-state index contributed by atoms with van der Waals surface area (Å²) in [7, 11) is -2.47. The van der Waals surface area contributed by atoms with Crippen molar-refractivity contribution in [2.24, 2.45) is 5.92 Å². The van der Waals surface area contributed by atoms with E-state index in [-0.39, 0.29) is 59.7 Å². The van der Waals surface area contributed by atoms with Crippen LogP contribution in [0, 0.1) is 19.8 Å². The number of rotatable bonds is 14. The molecule has 0 bridgehead atoms. The standard InChI is InChI=1S/C32H37F5N4O5S/c1-19(2)12-24(41(5)23-14-25(15-23)46-32(36,37)31(33,34)35)18-45-28-16-27(29-20(3)8-6-9-21(29)4)38-30(39-28)40-47(43,44)26-11-7-10-22(13-26)17-42/h6-11,13,16-17,19,23-25H,12,14-15,18H2,1-5H3,(H,38,39,40)/t23-,24-,25-/m1/s1. The molecule has 1 fully saturated rings. The second kappa shape index (κ2) is 14.2. The molecule has 0 saturated heterocycles. The van der Waals surface area contributed by atoms with E-state index in [4.69, 9.17) is 4.74 Å². The number of hydrogen-bond acceptors (Lipinski definition) is 8. The first-order valence-electron chi connectivity index (χ1n) is 14.9. The summed E-state index contributed by atoms with van der Waals surface area (Å²) < 4.78 is 104. The molecule has 1 atom stereocenters. The quantitative estimate of drug-likeness (QED) is 0.146. The molecular weight excluding hydrogens is 647 g/mol. The maximum atomic E-state index is 13.4. The lowest BCUT2D eigenvalue weighted by atomic mass is 9.86. The van der Waals surface area contributed by atoms with E-state index in [2.05, 4.69) is 19.4 Å². The molecule has 1 aromatic heterocycles. The Kier molecular flexibility index (Phi) is 10.9. The van der Waals surface area contributed by atoms with Crippen molar-refractivity contribution >= 4 is 22.3 Å². The molecule has 2 aromatic carbocycles. The summed E-state index contributed by atoms with van der Waals surface area (Å²) in [5, 5.41) is 0. The minimum atomic E-state index is -5.79. The third-order valence-electron chi connectivity index (χ3n) is 8.00. The number of carbonyl (C=O) groups is 1. The molecule has 0 aliphatic heterocycles. The van der Waals surface area contributed by atoms with Crippen LogP contribution >= 0.6 is 0 Å². The van der Waals surface area contributed by atoms with Crippen LogP contribution in [-0.2, 0) is 14.8 Å². The van der Waals surface area contributed by atoms with E-state index in [0.29, 0.717) is 18.4 Å². The highest BCUT2D eigenvalue weighted by Crippen LogP contribution is 2.41. The fraction of sp³-hybridized carbons (Fsp3) is 0.469. The lowest BCUT2D eigenvalue weighted by molar-refractivity contribution is -0.408. The molecule has 0 unspecified atom stereocenters. The number of likely N-dealkylation sites (N-methyl/N-ethyl adjacent to an activating group) is 1. The van der Waals surface area contributed by atoms with Crippen molar-refractivity contribution in [3.8, 4) is 17.1 Å². The molecule has 15 heteroatoms. The van der Waals surface area contributed by atoms with Gasteiger partial charge in [0.15, 0.2) is 0 Å². The van der Waals surface area contributed by atoms with Crippen LogP contribution < -0.4 is 9.46 Å². The maximum Gasteiger partial charge on any atom is 0.482 e. The summed E-state index contributed by atoms with van der Waals surface area (Å²) in [6, 6.07) is 12.1. The minimum absolute atomic E-state index is 0.0157. The molecule has 0 radical (unpaired) electrons. The van der Waals surface area contributed by atoms with Crippen LogP contribution in [0.2, 0.25) is 0 Å². The third kappa shape index (κ3) is 8.82. The van der Waals surface area contributed by atoms with Crippen molar-refractivity contribution in [3.05, 3.63) is 65.2 Å². The first kappa shape index (κ1) is 36.2. The highest BCUT2D eigenvalue weighted by Gasteiger charge is 2.61. The van der Waals surface area contributed by atoms with Gasteiger partial charge in [0.2, 0.25) is 11.8 Å². The van der Waals surface area contributed by atoms with E-state index >= 15 is 0 Å². The van der Waals surface area contributed by atoms with E-state index in [9.17, 15) is 35.2 Å². The zero-order valence-electron chi connectivity index (χ0n) is 26.5. The average molecular weight is 685 g/mol. The monoisotopic (exact) mass is 684 g/mol. The number of hydrogen-bond donors (Lipinski definition) is 1. The second-order valence-electron chi connectivity index (χ2n) is 12.1. The maximum absolute atomic E-state index is 13.4. The van der Waals surface area contributed by atoms with E-state index in [1.54, 1.807) is 13.1 Å². The number of aldehydes is 1. The Hall–Kier alpha value is -3.69. The van der Waals surface area contributed by atoms with Gasteiger partial charge in [-0.3, -0.25) is 9.69 Å². The highest BCUT2D eigenvalue weighted by atomic mass is 32.2. The molecule has 0 spiro atoms. The van der Waals surface area contributed by atoms with Gasteiger partial charge in [0.1, 0.15) is 12.9 Å². The number of anilines is 1. The fourth-order valence-corrected chi connectivity index (χ4v) is 6.44. The van der Waals surface area contributed by atoms with Crippen LogP contribution in [0.5, 0.6) is 5.88 Å². The number of aromatic nitrogens is 2. The SMILES string of the molecule is Cc1cccc(C)c1-c1cc(OC[C@@H](CC(C)C)N(C)[C@H]2C[C@H](OC(F)(F)C(F)(F)F)C2)nc(NS(=O)(=O)c2cccc(C=O)c2)n1. The first-order chi connectivity index (χ1) is 21.9. The third-order valence-corrected chi connectivity index (χ3v) is 9.33. The Bertz CT molecular complexity index is 1660. The molecule has 4 rings (SSSR count). The van der Waals surface area contributed by atoms with Gasteiger partial charge >= 0.3 is 12.3 Å². The van der Waals surface area contributed by atoms with Gasteiger partial charge in [-0.05, 0) is 69.3 Å². The zero-order valence-corrected chi connectivity index (χ0v) is 27.3. The van der Waals surface area contributed by atoms with Gasteiger partial charge in [0.25, 0.3) is 10.0 Å². The van der Waals surface area contributed by atoms with Crippen LogP contribution in [-0.4, -0.2) is 73.7 Å². The van der Waals surface area contributed by atoms with E-state index in [1.807, 2.05) is 50.8 Å². The van der Waals surface area contributed by atoms with Gasteiger partial charge in [0, 0.05) is 29.3 Å². The number of alkyl halides is 5. The summed E-state index contributed by atoms with van der Waals surface area (Å²) in [5.41, 5.74) is 3.05. The Morgan fingerprint density at radius 3 is 2.26 bits per heavy atom. The van der Waals surface area contributed by atoms with Crippen molar-refractivity contribution in [3.63, 3.8) is 0 Å². The van der Waals surface area contributed by atoms with E-state index < -0.39 is 28.4 Å². The molecule has 1 saturated carbocycles. The van der Waals surface area contributed by atoms with Crippen LogP contribution in [0.1, 0.15) is 54.6 Å². The van der Waals surface area contributed by atoms with Gasteiger partial charge in [-0.1, -0.05) is 44.2 Å². The smallest absolute Gasteiger partial charge is 0.476 e. The number of sulfonamides is 1. The van der Waals surface area contributed by atoms with Gasteiger partial charge in [-0.25, -0.2) is 18.1 Å². The topological polar surface area (TPSA) is 111 Å². The predicted octanol–water partition coefficient (Wildman–Crippen LogP) is 6.80. The molecule has 1 heterocycles. The van der Waals surface area contributed by atoms with Crippen molar-refractivity contribution in [2.75, 3.05) is 18.4 Å². The predicted molar refractivity (Wildman–Crippen MR) is 165 cm³/mol. The Morgan fingerprint density at radius 2 is 1.66 bits per heavy atom. The van der Waals surface area contributed by atoms with Crippen molar-refractivity contribution < 1.29 is 44.6 Å². The molecule has 1 N–H and O–H groups in total. The molecule has 47 heavy (non-hydrogen) atoms. The summed E-state index contributed by atoms with van der Waals surface area (Å²) in [6.45, 7) is 7.77. The van der Waals surface area contributed by atoms with Crippen molar-refractivity contribution in [1.82, 2.24) is 14.9 Å². The van der Waals surface area contributed by atoms with Gasteiger partial charge in [-0.2, -0.15) is 26.9 Å². The Morgan fingerprint density at radius 1 is 1.02 bits per heavy atom. The molecule has 3 aromatic rings. The number of halogens is 5. The average Bonchev–Trinajstić information content (AvgIpc) is 2.95. The van der Waals surface area contributed by atoms with Crippen LogP contribution in [0.25, 0.3) is 11.3 Å². The minimum Gasteiger partial charge on any atom is -0.476 e. The van der Waals surface area contributed by atoms with E-state index in [1.165, 1.54) is 24.3 Å². The van der Waals surface area contributed by atoms with Gasteiger partial charge < -0.3 is 9.47 Å². The summed E-state index contributed by atoms with van der Waals surface area (Å²) in [4.78, 5) is 21.7. The van der Waals surface area contributed by atoms with Crippen molar-refractivity contribution in [2.45, 2.75) is 82.3 Å². The number of benzene rings is 2. The van der Waals surface area contributed by atoms with Gasteiger partial charge in [-0.15, -0.1) is 0 Å². The normalized spacial score (nSPS) is 17.8. The lowest BCUT2D eigenvalue weighted by Gasteiger charge is -2.45. The van der Waals surface area contributed by atoms with Crippen LogP contribution in [0.15, 0.2) is 53.4 Å². The largest absolute Gasteiger partial charge is 0.482 e. The number of nitrogens with zero attached hydrogens (tertiary/aromatic N) is 3.